The van der Waals surface area contributed by atoms with Crippen molar-refractivity contribution in [2.45, 2.75) is 94.2 Å². The van der Waals surface area contributed by atoms with Crippen LogP contribution in [0.1, 0.15) is 20.8 Å². The van der Waals surface area contributed by atoms with Gasteiger partial charge in [0.05, 0.1) is 19.8 Å². The van der Waals surface area contributed by atoms with Gasteiger partial charge in [0.1, 0.15) is 48.7 Å². The molecule has 3 fully saturated rings. The first-order chi connectivity index (χ1) is 18.4. The fourth-order valence-electron chi connectivity index (χ4n) is 4.47. The number of aliphatic hydroxyl groups excluding tert-OH is 5. The molecule has 0 aliphatic carbocycles. The highest BCUT2D eigenvalue weighted by atomic mass is 16.7. The van der Waals surface area contributed by atoms with Crippen LogP contribution in [0, 0.1) is 0 Å². The molecule has 0 saturated carbocycles. The molecule has 3 saturated heterocycles. The molecule has 0 radical (unpaired) electrons. The molecule has 0 aromatic rings. The third-order valence-electron chi connectivity index (χ3n) is 6.36. The van der Waals surface area contributed by atoms with E-state index >= 15 is 0 Å². The Morgan fingerprint density at radius 2 is 1.38 bits per heavy atom. The van der Waals surface area contributed by atoms with E-state index in [1.54, 1.807) is 6.92 Å². The number of esters is 1. The van der Waals surface area contributed by atoms with Crippen LogP contribution >= 0.6 is 0 Å². The maximum absolute atomic E-state index is 12.7. The summed E-state index contributed by atoms with van der Waals surface area (Å²) in [7, 11) is 0. The minimum Gasteiger partial charge on any atom is -0.464 e. The van der Waals surface area contributed by atoms with Gasteiger partial charge in [-0.25, -0.2) is 4.79 Å². The molecule has 3 aliphatic heterocycles. The zero-order chi connectivity index (χ0) is 29.0. The van der Waals surface area contributed by atoms with Crippen molar-refractivity contribution in [3.05, 3.63) is 0 Å². The summed E-state index contributed by atoms with van der Waals surface area (Å²) < 4.78 is 26.9. The van der Waals surface area contributed by atoms with Crippen molar-refractivity contribution in [2.24, 2.45) is 0 Å². The quantitative estimate of drug-likeness (QED) is 0.0908. The number of aliphatic hydroxyl groups is 5. The zero-order valence-corrected chi connectivity index (χ0v) is 21.5. The third-order valence-corrected chi connectivity index (χ3v) is 6.36. The van der Waals surface area contributed by atoms with Crippen LogP contribution in [-0.4, -0.2) is 142 Å². The van der Waals surface area contributed by atoms with Gasteiger partial charge in [0.15, 0.2) is 24.7 Å². The van der Waals surface area contributed by atoms with Gasteiger partial charge >= 0.3 is 5.97 Å². The molecule has 8 N–H and O–H groups in total. The van der Waals surface area contributed by atoms with Gasteiger partial charge < -0.3 is 65.2 Å². The van der Waals surface area contributed by atoms with E-state index in [-0.39, 0.29) is 6.61 Å². The molecule has 0 aromatic carbocycles. The maximum Gasteiger partial charge on any atom is 0.338 e. The number of nitrogens with one attached hydrogen (secondary N) is 3. The lowest BCUT2D eigenvalue weighted by atomic mass is 9.94. The molecule has 12 atom stereocenters. The summed E-state index contributed by atoms with van der Waals surface area (Å²) in [5.41, 5.74) is 0. The number of rotatable bonds is 10. The predicted octanol–water partition coefficient (Wildman–Crippen LogP) is -5.66. The highest BCUT2D eigenvalue weighted by Crippen LogP contribution is 2.30. The van der Waals surface area contributed by atoms with E-state index in [9.17, 15) is 44.7 Å². The van der Waals surface area contributed by atoms with E-state index < -0.39 is 110 Å². The highest BCUT2D eigenvalue weighted by molar-refractivity contribution is 5.92. The molecular formula is C22H35N3O14. The molecule has 222 valence electrons. The average Bonchev–Trinajstić information content (AvgIpc) is 3.68. The van der Waals surface area contributed by atoms with Crippen molar-refractivity contribution in [1.29, 1.82) is 0 Å². The lowest BCUT2D eigenvalue weighted by Gasteiger charge is -2.48. The van der Waals surface area contributed by atoms with Crippen molar-refractivity contribution in [3.63, 3.8) is 0 Å². The Bertz CT molecular complexity index is 907. The number of hydrogen-bond acceptors (Lipinski definition) is 14. The maximum atomic E-state index is 12.7. The van der Waals surface area contributed by atoms with E-state index in [1.165, 1.54) is 0 Å². The predicted molar refractivity (Wildman–Crippen MR) is 123 cm³/mol. The van der Waals surface area contributed by atoms with Crippen LogP contribution in [0.15, 0.2) is 0 Å². The second kappa shape index (κ2) is 13.2. The first-order valence-electron chi connectivity index (χ1n) is 12.3. The van der Waals surface area contributed by atoms with E-state index in [4.69, 9.17) is 23.7 Å². The molecule has 17 nitrogen and oxygen atoms in total. The normalized spacial score (nSPS) is 39.8. The summed E-state index contributed by atoms with van der Waals surface area (Å²) in [6, 6.07) is -2.72. The number of ether oxygens (including phenoxy) is 5. The van der Waals surface area contributed by atoms with Crippen molar-refractivity contribution in [1.82, 2.24) is 16.0 Å². The van der Waals surface area contributed by atoms with Gasteiger partial charge in [-0.3, -0.25) is 14.4 Å². The fourth-order valence-corrected chi connectivity index (χ4v) is 4.47. The molecule has 3 aliphatic rings. The van der Waals surface area contributed by atoms with Crippen molar-refractivity contribution >= 4 is 23.7 Å². The SMILES string of the molecule is CCOC(=O)[C@H]1O[C@@H]1C(=O)N[C@@H]1O[C@H](CO)[C@@H](O[C@@H]2O[C@H](CO)[C@@H](O)[C@H](O)[C@H]2NC(C)=O)[C@H](O)[C@H]1NC(C)=O. The van der Waals surface area contributed by atoms with E-state index in [2.05, 4.69) is 16.0 Å². The van der Waals surface area contributed by atoms with Crippen LogP contribution in [0.25, 0.3) is 0 Å². The fraction of sp³-hybridized carbons (Fsp3) is 0.818. The molecular weight excluding hydrogens is 530 g/mol. The number of amides is 3. The Morgan fingerprint density at radius 3 is 1.95 bits per heavy atom. The first-order valence-corrected chi connectivity index (χ1v) is 12.3. The molecule has 0 bridgehead atoms. The van der Waals surface area contributed by atoms with Crippen LogP contribution in [-0.2, 0) is 42.9 Å². The largest absolute Gasteiger partial charge is 0.464 e. The van der Waals surface area contributed by atoms with Gasteiger partial charge in [-0.1, -0.05) is 0 Å². The second-order valence-corrected chi connectivity index (χ2v) is 9.27. The Kier molecular flexibility index (Phi) is 10.5. The van der Waals surface area contributed by atoms with E-state index in [1.807, 2.05) is 0 Å². The minimum absolute atomic E-state index is 0.0810. The zero-order valence-electron chi connectivity index (χ0n) is 21.5. The van der Waals surface area contributed by atoms with Crippen LogP contribution in [0.3, 0.4) is 0 Å². The Morgan fingerprint density at radius 1 is 0.769 bits per heavy atom. The monoisotopic (exact) mass is 565 g/mol. The van der Waals surface area contributed by atoms with Gasteiger partial charge in [0.2, 0.25) is 11.8 Å². The Balaban J connectivity index is 1.79. The van der Waals surface area contributed by atoms with Crippen LogP contribution in [0.5, 0.6) is 0 Å². The summed E-state index contributed by atoms with van der Waals surface area (Å²) in [6.45, 7) is 2.45. The van der Waals surface area contributed by atoms with Crippen LogP contribution in [0.2, 0.25) is 0 Å². The standard InChI is InChI=1S/C22H35N3O14/c1-4-35-21(34)18-17(38-18)19(33)25-20-11(23-7(2)28)15(32)16(10(6-27)36-20)39-22-12(24-8(3)29)14(31)13(30)9(5-26)37-22/h9-18,20,22,26-27,30-32H,4-6H2,1-3H3,(H,23,28)(H,24,29)(H,25,33)/t9-,10-,11-,12-,13-,14-,15-,16-,17+,18+,20-,22+/m1/s1. The second-order valence-electron chi connectivity index (χ2n) is 9.27. The summed E-state index contributed by atoms with van der Waals surface area (Å²) in [5.74, 6) is -2.79. The number of carbonyl (C=O) groups excluding carboxylic acids is 4. The number of epoxide rings is 1. The van der Waals surface area contributed by atoms with Gasteiger partial charge in [-0.2, -0.15) is 0 Å². The highest BCUT2D eigenvalue weighted by Gasteiger charge is 2.55. The summed E-state index contributed by atoms with van der Waals surface area (Å²) >= 11 is 0. The van der Waals surface area contributed by atoms with Gasteiger partial charge in [0.25, 0.3) is 5.91 Å². The lowest BCUT2D eigenvalue weighted by Crippen LogP contribution is -2.71. The van der Waals surface area contributed by atoms with Gasteiger partial charge in [-0.05, 0) is 6.92 Å². The average molecular weight is 566 g/mol. The van der Waals surface area contributed by atoms with E-state index in [0.29, 0.717) is 0 Å². The van der Waals surface area contributed by atoms with E-state index in [0.717, 1.165) is 13.8 Å². The molecule has 0 unspecified atom stereocenters. The number of carbonyl (C=O) groups is 4. The molecule has 17 heteroatoms. The molecule has 0 spiro atoms. The smallest absolute Gasteiger partial charge is 0.338 e. The summed E-state index contributed by atoms with van der Waals surface area (Å²) in [4.78, 5) is 48.1. The first kappa shape index (κ1) is 31.1. The third kappa shape index (κ3) is 7.19. The molecule has 39 heavy (non-hydrogen) atoms. The minimum atomic E-state index is -1.68. The van der Waals surface area contributed by atoms with Gasteiger partial charge in [-0.15, -0.1) is 0 Å². The van der Waals surface area contributed by atoms with Crippen LogP contribution in [0.4, 0.5) is 0 Å². The number of hydrogen-bond donors (Lipinski definition) is 8. The molecule has 3 heterocycles. The lowest BCUT2D eigenvalue weighted by molar-refractivity contribution is -0.315. The summed E-state index contributed by atoms with van der Waals surface area (Å²) in [6.07, 6.45) is -14.4. The molecule has 3 amide bonds. The van der Waals surface area contributed by atoms with Crippen molar-refractivity contribution < 1.29 is 68.4 Å². The Hall–Kier alpha value is -2.48. The molecule has 0 aromatic heterocycles. The summed E-state index contributed by atoms with van der Waals surface area (Å²) in [5, 5.41) is 58.6. The van der Waals surface area contributed by atoms with Gasteiger partial charge in [0, 0.05) is 13.8 Å². The Labute approximate surface area is 222 Å². The van der Waals surface area contributed by atoms with Crippen molar-refractivity contribution in [3.8, 4) is 0 Å². The van der Waals surface area contributed by atoms with Crippen LogP contribution < -0.4 is 16.0 Å². The van der Waals surface area contributed by atoms with Crippen molar-refractivity contribution in [2.75, 3.05) is 19.8 Å². The molecule has 3 rings (SSSR count). The topological polar surface area (TPSA) is 255 Å².